The van der Waals surface area contributed by atoms with E-state index in [1.807, 2.05) is 13.8 Å². The van der Waals surface area contributed by atoms with E-state index in [1.54, 1.807) is 24.3 Å². The van der Waals surface area contributed by atoms with Crippen molar-refractivity contribution in [1.29, 1.82) is 0 Å². The van der Waals surface area contributed by atoms with Gasteiger partial charge in [0.05, 0.1) is 28.2 Å². The molecule has 0 saturated heterocycles. The monoisotopic (exact) mass is 471 g/mol. The van der Waals surface area contributed by atoms with Gasteiger partial charge < -0.3 is 10.6 Å². The van der Waals surface area contributed by atoms with Gasteiger partial charge in [0, 0.05) is 11.1 Å². The van der Waals surface area contributed by atoms with Gasteiger partial charge in [0.25, 0.3) is 5.91 Å². The van der Waals surface area contributed by atoms with E-state index < -0.39 is 22.5 Å². The summed E-state index contributed by atoms with van der Waals surface area (Å²) in [4.78, 5) is 25.2. The van der Waals surface area contributed by atoms with Crippen LogP contribution in [-0.2, 0) is 14.8 Å². The zero-order valence-electron chi connectivity index (χ0n) is 16.8. The van der Waals surface area contributed by atoms with E-state index >= 15 is 0 Å². The van der Waals surface area contributed by atoms with Crippen molar-refractivity contribution in [3.8, 4) is 0 Å². The van der Waals surface area contributed by atoms with Gasteiger partial charge in [0.2, 0.25) is 15.9 Å². The van der Waals surface area contributed by atoms with Crippen molar-refractivity contribution in [2.75, 3.05) is 22.4 Å². The number of hydrogen-bond donors (Lipinski definition) is 2. The molecule has 0 fully saturated rings. The maximum Gasteiger partial charge on any atom is 0.253 e. The molecular weight excluding hydrogens is 449 g/mol. The number of sulfonamides is 1. The lowest BCUT2D eigenvalue weighted by molar-refractivity contribution is -0.114. The molecule has 2 amide bonds. The van der Waals surface area contributed by atoms with Gasteiger partial charge >= 0.3 is 0 Å². The van der Waals surface area contributed by atoms with E-state index in [2.05, 4.69) is 10.6 Å². The summed E-state index contributed by atoms with van der Waals surface area (Å²) in [6.45, 7) is 3.28. The van der Waals surface area contributed by atoms with Crippen LogP contribution >= 0.6 is 23.2 Å². The minimum absolute atomic E-state index is 0.0352. The van der Waals surface area contributed by atoms with E-state index in [1.165, 1.54) is 18.2 Å². The molecule has 2 rings (SSSR count). The summed E-state index contributed by atoms with van der Waals surface area (Å²) in [6, 6.07) is 10.8. The molecule has 0 aliphatic heterocycles. The maximum absolute atomic E-state index is 12.7. The van der Waals surface area contributed by atoms with Gasteiger partial charge in [-0.25, -0.2) is 8.42 Å². The number of para-hydroxylation sites is 1. The average molecular weight is 472 g/mol. The molecule has 0 bridgehead atoms. The summed E-state index contributed by atoms with van der Waals surface area (Å²) in [5.41, 5.74) is 0.636. The van der Waals surface area contributed by atoms with Crippen LogP contribution in [0, 0.1) is 0 Å². The summed E-state index contributed by atoms with van der Waals surface area (Å²) in [5.74, 6) is -0.974. The molecule has 1 atom stereocenters. The maximum atomic E-state index is 12.7. The molecule has 0 aromatic heterocycles. The Kier molecular flexibility index (Phi) is 8.11. The van der Waals surface area contributed by atoms with E-state index in [4.69, 9.17) is 23.2 Å². The molecule has 2 aromatic rings. The first kappa shape index (κ1) is 24.0. The number of nitrogens with one attached hydrogen (secondary N) is 2. The molecule has 0 aliphatic rings. The summed E-state index contributed by atoms with van der Waals surface area (Å²) in [5, 5.41) is 5.85. The third-order valence-electron chi connectivity index (χ3n) is 4.30. The molecular formula is C20H23Cl2N3O4S. The summed E-state index contributed by atoms with van der Waals surface area (Å²) < 4.78 is 25.4. The second kappa shape index (κ2) is 10.1. The fourth-order valence-corrected chi connectivity index (χ4v) is 3.87. The smallest absolute Gasteiger partial charge is 0.253 e. The predicted molar refractivity (Wildman–Crippen MR) is 121 cm³/mol. The first-order chi connectivity index (χ1) is 14.0. The standard InChI is InChI=1S/C20H23Cl2N3O4S/c1-4-13(2)23-20(27)15-7-5-6-8-17(15)24-19(26)12-25(30(3,28)29)18-11-14(21)9-10-16(18)22/h5-11,13H,4,12H2,1-3H3,(H,23,27)(H,24,26)/t13-/m0/s1. The average Bonchev–Trinajstić information content (AvgIpc) is 2.67. The SMILES string of the molecule is CC[C@H](C)NC(=O)c1ccccc1NC(=O)CN(c1cc(Cl)ccc1Cl)S(C)(=O)=O. The first-order valence-corrected chi connectivity index (χ1v) is 11.8. The van der Waals surface area contributed by atoms with Crippen molar-refractivity contribution in [2.24, 2.45) is 0 Å². The van der Waals surface area contributed by atoms with Crippen LogP contribution in [0.5, 0.6) is 0 Å². The Morgan fingerprint density at radius 3 is 2.43 bits per heavy atom. The van der Waals surface area contributed by atoms with Crippen LogP contribution in [0.15, 0.2) is 42.5 Å². The third-order valence-corrected chi connectivity index (χ3v) is 5.98. The first-order valence-electron chi connectivity index (χ1n) is 9.15. The lowest BCUT2D eigenvalue weighted by Crippen LogP contribution is -2.38. The molecule has 0 saturated carbocycles. The van der Waals surface area contributed by atoms with Crippen LogP contribution in [0.25, 0.3) is 0 Å². The van der Waals surface area contributed by atoms with Gasteiger partial charge in [-0.1, -0.05) is 42.3 Å². The fourth-order valence-electron chi connectivity index (χ4n) is 2.57. The summed E-state index contributed by atoms with van der Waals surface area (Å²) in [7, 11) is -3.84. The molecule has 0 spiro atoms. The topological polar surface area (TPSA) is 95.6 Å². The number of benzene rings is 2. The van der Waals surface area contributed by atoms with Crippen molar-refractivity contribution in [3.05, 3.63) is 58.1 Å². The van der Waals surface area contributed by atoms with Crippen LogP contribution < -0.4 is 14.9 Å². The summed E-state index contributed by atoms with van der Waals surface area (Å²) in [6.07, 6.45) is 1.72. The zero-order chi connectivity index (χ0) is 22.5. The number of amides is 2. The van der Waals surface area contributed by atoms with E-state index in [-0.39, 0.29) is 38.9 Å². The third kappa shape index (κ3) is 6.35. The highest BCUT2D eigenvalue weighted by molar-refractivity contribution is 7.92. The molecule has 0 aliphatic carbocycles. The number of nitrogens with zero attached hydrogens (tertiary/aromatic N) is 1. The Morgan fingerprint density at radius 1 is 1.13 bits per heavy atom. The fraction of sp³-hybridized carbons (Fsp3) is 0.300. The van der Waals surface area contributed by atoms with Gasteiger partial charge in [-0.15, -0.1) is 0 Å². The highest BCUT2D eigenvalue weighted by Crippen LogP contribution is 2.30. The van der Waals surface area contributed by atoms with E-state index in [0.29, 0.717) is 0 Å². The highest BCUT2D eigenvalue weighted by atomic mass is 35.5. The van der Waals surface area contributed by atoms with Gasteiger partial charge in [0.15, 0.2) is 0 Å². The normalized spacial score (nSPS) is 12.2. The second-order valence-electron chi connectivity index (χ2n) is 6.74. The number of carbonyl (C=O) groups is 2. The number of carbonyl (C=O) groups excluding carboxylic acids is 2. The number of hydrogen-bond acceptors (Lipinski definition) is 4. The highest BCUT2D eigenvalue weighted by Gasteiger charge is 2.24. The van der Waals surface area contributed by atoms with Crippen molar-refractivity contribution in [3.63, 3.8) is 0 Å². The largest absolute Gasteiger partial charge is 0.350 e. The molecule has 0 radical (unpaired) electrons. The van der Waals surface area contributed by atoms with E-state index in [9.17, 15) is 18.0 Å². The van der Waals surface area contributed by atoms with E-state index in [0.717, 1.165) is 17.0 Å². The Bertz CT molecular complexity index is 1040. The van der Waals surface area contributed by atoms with Crippen molar-refractivity contribution in [2.45, 2.75) is 26.3 Å². The minimum atomic E-state index is -3.84. The van der Waals surface area contributed by atoms with Gasteiger partial charge in [0.1, 0.15) is 6.54 Å². The lowest BCUT2D eigenvalue weighted by atomic mass is 10.1. The minimum Gasteiger partial charge on any atom is -0.350 e. The van der Waals surface area contributed by atoms with Crippen LogP contribution in [0.2, 0.25) is 10.0 Å². The molecule has 30 heavy (non-hydrogen) atoms. The molecule has 162 valence electrons. The Morgan fingerprint density at radius 2 is 1.80 bits per heavy atom. The van der Waals surface area contributed by atoms with Crippen molar-refractivity contribution < 1.29 is 18.0 Å². The second-order valence-corrected chi connectivity index (χ2v) is 9.49. The predicted octanol–water partition coefficient (Wildman–Crippen LogP) is 3.93. The number of anilines is 2. The Hall–Kier alpha value is -2.29. The molecule has 0 unspecified atom stereocenters. The van der Waals surface area contributed by atoms with Gasteiger partial charge in [-0.05, 0) is 43.7 Å². The molecule has 2 N–H and O–H groups in total. The van der Waals surface area contributed by atoms with Crippen LogP contribution in [0.1, 0.15) is 30.6 Å². The Balaban J connectivity index is 2.27. The summed E-state index contributed by atoms with van der Waals surface area (Å²) >= 11 is 12.1. The van der Waals surface area contributed by atoms with Crippen LogP contribution in [0.3, 0.4) is 0 Å². The van der Waals surface area contributed by atoms with Gasteiger partial charge in [-0.2, -0.15) is 0 Å². The molecule has 2 aromatic carbocycles. The Labute approximate surface area is 186 Å². The number of halogens is 2. The quantitative estimate of drug-likeness (QED) is 0.609. The van der Waals surface area contributed by atoms with Crippen molar-refractivity contribution >= 4 is 56.4 Å². The molecule has 0 heterocycles. The van der Waals surface area contributed by atoms with Crippen LogP contribution in [0.4, 0.5) is 11.4 Å². The van der Waals surface area contributed by atoms with Crippen LogP contribution in [-0.4, -0.2) is 39.1 Å². The van der Waals surface area contributed by atoms with Crippen molar-refractivity contribution in [1.82, 2.24) is 5.32 Å². The van der Waals surface area contributed by atoms with Gasteiger partial charge in [-0.3, -0.25) is 13.9 Å². The molecule has 7 nitrogen and oxygen atoms in total. The molecule has 10 heteroatoms. The zero-order valence-corrected chi connectivity index (χ0v) is 19.1. The number of rotatable bonds is 8. The lowest BCUT2D eigenvalue weighted by Gasteiger charge is -2.23.